The van der Waals surface area contributed by atoms with E-state index in [4.69, 9.17) is 19.3 Å². The van der Waals surface area contributed by atoms with Crippen LogP contribution in [0.15, 0.2) is 36.0 Å². The molecule has 3 saturated heterocycles. The zero-order valence-electron chi connectivity index (χ0n) is 20.9. The third-order valence-electron chi connectivity index (χ3n) is 6.98. The summed E-state index contributed by atoms with van der Waals surface area (Å²) in [7, 11) is 0. The maximum Gasteiger partial charge on any atom is 0.305 e. The Hall–Kier alpha value is -2.04. The van der Waals surface area contributed by atoms with Crippen molar-refractivity contribution in [1.29, 1.82) is 0 Å². The van der Waals surface area contributed by atoms with Crippen molar-refractivity contribution in [3.05, 3.63) is 36.0 Å². The number of aliphatic carboxylic acids is 1. The van der Waals surface area contributed by atoms with E-state index in [1.165, 1.54) is 12.2 Å². The number of carboxylic acids is 1. The largest absolute Gasteiger partial charge is 0.481 e. The maximum atomic E-state index is 12.1. The molecule has 0 aromatic heterocycles. The van der Waals surface area contributed by atoms with E-state index in [1.807, 2.05) is 19.9 Å². The van der Waals surface area contributed by atoms with E-state index in [9.17, 15) is 19.8 Å². The van der Waals surface area contributed by atoms with Crippen LogP contribution in [-0.2, 0) is 23.8 Å². The molecule has 0 saturated carbocycles. The summed E-state index contributed by atoms with van der Waals surface area (Å²) in [4.78, 5) is 23.2. The van der Waals surface area contributed by atoms with Crippen LogP contribution in [0.2, 0.25) is 0 Å². The number of carbonyl (C=O) groups excluding carboxylic acids is 1. The van der Waals surface area contributed by atoms with Crippen LogP contribution in [0.4, 0.5) is 0 Å². The molecule has 0 aromatic rings. The highest BCUT2D eigenvalue weighted by atomic mass is 16.6. The van der Waals surface area contributed by atoms with Crippen molar-refractivity contribution < 1.29 is 39.1 Å². The highest BCUT2D eigenvalue weighted by Gasteiger charge is 2.58. The number of epoxide rings is 1. The molecule has 196 valence electrons. The second-order valence-corrected chi connectivity index (χ2v) is 10.2. The average Bonchev–Trinajstić information content (AvgIpc) is 3.54. The van der Waals surface area contributed by atoms with E-state index in [-0.39, 0.29) is 36.5 Å². The highest BCUT2D eigenvalue weighted by Crippen LogP contribution is 2.43. The first-order valence-electron chi connectivity index (χ1n) is 12.4. The number of hydrogen-bond acceptors (Lipinski definition) is 7. The number of hydrogen-bond donors (Lipinski definition) is 4. The van der Waals surface area contributed by atoms with Gasteiger partial charge in [0, 0.05) is 12.5 Å². The van der Waals surface area contributed by atoms with Crippen molar-refractivity contribution in [2.45, 2.75) is 102 Å². The summed E-state index contributed by atoms with van der Waals surface area (Å²) in [5.74, 6) is -0.943. The standard InChI is InChI=1S/C26H39NO8/c1-15(6-9-22-25(32)26(14-33-26)13-19(35-22)12-24(30)31)5-8-21-16(2)11-20(18(4)34-21)27-23(29)10-7-17(3)28/h5-7,9-10,16-22,25,28,32H,8,11-14H2,1-4H3,(H,27,29)(H,30,31)/b9-6+,10-7-,15-5+/t16-,17-,18+,19-,20+,21-,22+,25-,26+/m0/s1. The first kappa shape index (κ1) is 27.5. The van der Waals surface area contributed by atoms with Crippen LogP contribution in [0.3, 0.4) is 0 Å². The number of ether oxygens (including phenoxy) is 3. The minimum Gasteiger partial charge on any atom is -0.481 e. The van der Waals surface area contributed by atoms with Gasteiger partial charge in [0.25, 0.3) is 0 Å². The second-order valence-electron chi connectivity index (χ2n) is 10.2. The fourth-order valence-electron chi connectivity index (χ4n) is 4.78. The van der Waals surface area contributed by atoms with Gasteiger partial charge in [0.15, 0.2) is 0 Å². The van der Waals surface area contributed by atoms with Gasteiger partial charge in [0.1, 0.15) is 17.8 Å². The van der Waals surface area contributed by atoms with Gasteiger partial charge >= 0.3 is 5.97 Å². The molecule has 0 aliphatic carbocycles. The lowest BCUT2D eigenvalue weighted by molar-refractivity contribution is -0.155. The monoisotopic (exact) mass is 493 g/mol. The Labute approximate surface area is 206 Å². The molecule has 3 aliphatic rings. The van der Waals surface area contributed by atoms with Crippen LogP contribution >= 0.6 is 0 Å². The van der Waals surface area contributed by atoms with E-state index in [2.05, 4.69) is 18.3 Å². The van der Waals surface area contributed by atoms with Crippen LogP contribution < -0.4 is 5.32 Å². The van der Waals surface area contributed by atoms with Crippen molar-refractivity contribution in [3.8, 4) is 0 Å². The van der Waals surface area contributed by atoms with Crippen molar-refractivity contribution in [2.75, 3.05) is 6.61 Å². The number of aliphatic hydroxyl groups is 2. The Kier molecular flexibility index (Phi) is 9.28. The van der Waals surface area contributed by atoms with Gasteiger partial charge in [-0.25, -0.2) is 0 Å². The molecule has 9 nitrogen and oxygen atoms in total. The Morgan fingerprint density at radius 2 is 1.94 bits per heavy atom. The first-order valence-corrected chi connectivity index (χ1v) is 12.4. The third-order valence-corrected chi connectivity index (χ3v) is 6.98. The van der Waals surface area contributed by atoms with E-state index in [0.29, 0.717) is 19.4 Å². The zero-order chi connectivity index (χ0) is 25.8. The molecule has 3 heterocycles. The van der Waals surface area contributed by atoms with Crippen LogP contribution in [0.5, 0.6) is 0 Å². The number of carbonyl (C=O) groups is 2. The van der Waals surface area contributed by atoms with Crippen LogP contribution in [0, 0.1) is 5.92 Å². The van der Waals surface area contributed by atoms with Gasteiger partial charge in [0.05, 0.1) is 43.5 Å². The first-order chi connectivity index (χ1) is 16.5. The molecule has 0 aromatic carbocycles. The number of allylic oxidation sites excluding steroid dienone is 2. The summed E-state index contributed by atoms with van der Waals surface area (Å²) < 4.78 is 17.5. The van der Waals surface area contributed by atoms with Crippen LogP contribution in [0.25, 0.3) is 0 Å². The Morgan fingerprint density at radius 3 is 2.57 bits per heavy atom. The minimum atomic E-state index is -0.935. The summed E-state index contributed by atoms with van der Waals surface area (Å²) in [6.07, 6.45) is 7.50. The molecule has 9 heteroatoms. The number of amides is 1. The van der Waals surface area contributed by atoms with Gasteiger partial charge in [-0.1, -0.05) is 36.8 Å². The minimum absolute atomic E-state index is 0.00843. The van der Waals surface area contributed by atoms with Crippen molar-refractivity contribution in [2.24, 2.45) is 5.92 Å². The zero-order valence-corrected chi connectivity index (χ0v) is 20.9. The highest BCUT2D eigenvalue weighted by molar-refractivity contribution is 5.87. The van der Waals surface area contributed by atoms with Gasteiger partial charge in [-0.2, -0.15) is 0 Å². The van der Waals surface area contributed by atoms with E-state index in [0.717, 1.165) is 12.0 Å². The molecule has 4 N–H and O–H groups in total. The lowest BCUT2D eigenvalue weighted by Gasteiger charge is -2.39. The quantitative estimate of drug-likeness (QED) is 0.217. The van der Waals surface area contributed by atoms with Gasteiger partial charge in [-0.05, 0) is 39.5 Å². The fraction of sp³-hybridized carbons (Fsp3) is 0.692. The lowest BCUT2D eigenvalue weighted by Crippen LogP contribution is -2.50. The van der Waals surface area contributed by atoms with Crippen molar-refractivity contribution in [1.82, 2.24) is 5.32 Å². The van der Waals surface area contributed by atoms with E-state index >= 15 is 0 Å². The SMILES string of the molecule is CC(/C=C/[C@H]1O[C@@H](CC(=O)O)C[C@@]2(CO2)[C@H]1O)=C\C[C@@H]1O[C@H](C)[C@H](NC(=O)/C=C\[C@H](C)O)C[C@@H]1C. The molecule has 0 bridgehead atoms. The molecule has 3 fully saturated rings. The Morgan fingerprint density at radius 1 is 1.23 bits per heavy atom. The van der Waals surface area contributed by atoms with Crippen molar-refractivity contribution in [3.63, 3.8) is 0 Å². The van der Waals surface area contributed by atoms with Gasteiger partial charge < -0.3 is 34.8 Å². The van der Waals surface area contributed by atoms with Gasteiger partial charge in [0.2, 0.25) is 5.91 Å². The molecular formula is C26H39NO8. The second kappa shape index (κ2) is 11.8. The molecule has 1 amide bonds. The number of aliphatic hydroxyl groups excluding tert-OH is 2. The number of carboxylic acid groups (broad SMARTS) is 1. The Balaban J connectivity index is 1.52. The normalized spacial score (nSPS) is 38.7. The molecular weight excluding hydrogens is 454 g/mol. The smallest absolute Gasteiger partial charge is 0.305 e. The van der Waals surface area contributed by atoms with Crippen molar-refractivity contribution >= 4 is 11.9 Å². The number of nitrogens with one attached hydrogen (secondary N) is 1. The molecule has 3 rings (SSSR count). The predicted molar refractivity (Wildman–Crippen MR) is 129 cm³/mol. The molecule has 0 unspecified atom stereocenters. The van der Waals surface area contributed by atoms with Crippen LogP contribution in [0.1, 0.15) is 53.4 Å². The summed E-state index contributed by atoms with van der Waals surface area (Å²) in [6, 6.07) is -0.0991. The predicted octanol–water partition coefficient (Wildman–Crippen LogP) is 1.88. The summed E-state index contributed by atoms with van der Waals surface area (Å²) in [5, 5.41) is 32.0. The molecule has 3 aliphatic heterocycles. The summed E-state index contributed by atoms with van der Waals surface area (Å²) in [6.45, 7) is 8.01. The lowest BCUT2D eigenvalue weighted by atomic mass is 9.87. The topological polar surface area (TPSA) is 138 Å². The summed E-state index contributed by atoms with van der Waals surface area (Å²) in [5.41, 5.74) is 0.291. The molecule has 35 heavy (non-hydrogen) atoms. The van der Waals surface area contributed by atoms with E-state index in [1.54, 1.807) is 13.0 Å². The molecule has 9 atom stereocenters. The molecule has 0 radical (unpaired) electrons. The number of rotatable bonds is 9. The summed E-state index contributed by atoms with van der Waals surface area (Å²) >= 11 is 0. The average molecular weight is 494 g/mol. The van der Waals surface area contributed by atoms with Gasteiger partial charge in [-0.3, -0.25) is 9.59 Å². The van der Waals surface area contributed by atoms with Crippen LogP contribution in [-0.4, -0.2) is 82.1 Å². The van der Waals surface area contributed by atoms with Gasteiger partial charge in [-0.15, -0.1) is 0 Å². The third kappa shape index (κ3) is 7.72. The maximum absolute atomic E-state index is 12.1. The van der Waals surface area contributed by atoms with E-state index < -0.39 is 36.0 Å². The Bertz CT molecular complexity index is 846. The molecule has 1 spiro atoms. The fourth-order valence-corrected chi connectivity index (χ4v) is 4.78.